The van der Waals surface area contributed by atoms with Gasteiger partial charge in [0.05, 0.1) is 22.0 Å². The summed E-state index contributed by atoms with van der Waals surface area (Å²) in [7, 11) is 1.89. The average molecular weight is 286 g/mol. The Balaban J connectivity index is 2.03. The minimum atomic E-state index is -0.631. The fourth-order valence-corrected chi connectivity index (χ4v) is 3.10. The molecule has 1 aliphatic rings. The molecule has 4 nitrogen and oxygen atoms in total. The molecule has 0 bridgehead atoms. The van der Waals surface area contributed by atoms with Gasteiger partial charge < -0.3 is 10.0 Å². The molecule has 0 unspecified atom stereocenters. The van der Waals surface area contributed by atoms with E-state index in [0.717, 1.165) is 43.9 Å². The van der Waals surface area contributed by atoms with Gasteiger partial charge in [-0.25, -0.2) is 0 Å². The van der Waals surface area contributed by atoms with Crippen molar-refractivity contribution in [3.8, 4) is 0 Å². The maximum absolute atomic E-state index is 10.7. The highest BCUT2D eigenvalue weighted by Crippen LogP contribution is 2.30. The topological polar surface area (TPSA) is 41.3 Å². The van der Waals surface area contributed by atoms with Gasteiger partial charge in [-0.1, -0.05) is 18.5 Å². The van der Waals surface area contributed by atoms with Crippen molar-refractivity contribution < 1.29 is 5.11 Å². The summed E-state index contributed by atoms with van der Waals surface area (Å²) >= 11 is 6.27. The first-order chi connectivity index (χ1) is 8.95. The molecule has 0 radical (unpaired) electrons. The molecule has 0 aliphatic carbocycles. The van der Waals surface area contributed by atoms with Gasteiger partial charge in [-0.2, -0.15) is 5.10 Å². The van der Waals surface area contributed by atoms with Crippen molar-refractivity contribution in [3.05, 3.63) is 16.4 Å². The number of hydrogen-bond acceptors (Lipinski definition) is 3. The van der Waals surface area contributed by atoms with Gasteiger partial charge in [0.2, 0.25) is 0 Å². The van der Waals surface area contributed by atoms with E-state index >= 15 is 0 Å². The second kappa shape index (κ2) is 5.81. The molecule has 1 fully saturated rings. The number of nitrogens with zero attached hydrogens (tertiary/aromatic N) is 3. The third-order valence-electron chi connectivity index (χ3n) is 4.08. The quantitative estimate of drug-likeness (QED) is 0.922. The highest BCUT2D eigenvalue weighted by molar-refractivity contribution is 6.31. The molecule has 0 saturated carbocycles. The van der Waals surface area contributed by atoms with Crippen LogP contribution < -0.4 is 0 Å². The van der Waals surface area contributed by atoms with Crippen LogP contribution in [0.5, 0.6) is 0 Å². The number of piperidine rings is 1. The van der Waals surface area contributed by atoms with E-state index in [4.69, 9.17) is 11.6 Å². The Morgan fingerprint density at radius 1 is 1.37 bits per heavy atom. The van der Waals surface area contributed by atoms with Crippen molar-refractivity contribution >= 4 is 11.6 Å². The van der Waals surface area contributed by atoms with Gasteiger partial charge in [0.25, 0.3) is 0 Å². The molecule has 19 heavy (non-hydrogen) atoms. The van der Waals surface area contributed by atoms with Gasteiger partial charge in [-0.3, -0.25) is 4.68 Å². The zero-order valence-electron chi connectivity index (χ0n) is 12.1. The van der Waals surface area contributed by atoms with Crippen LogP contribution in [0.25, 0.3) is 0 Å². The summed E-state index contributed by atoms with van der Waals surface area (Å²) in [5, 5.41) is 15.8. The lowest BCUT2D eigenvalue weighted by Gasteiger charge is -2.38. The standard InChI is InChI=1S/C14H24ClN3O/c1-4-7-18-8-5-14(19,6-9-18)10-12-13(15)11(2)16-17(12)3/h19H,4-10H2,1-3H3. The van der Waals surface area contributed by atoms with Crippen LogP contribution in [-0.2, 0) is 13.5 Å². The van der Waals surface area contributed by atoms with E-state index < -0.39 is 5.60 Å². The Labute approximate surface area is 120 Å². The van der Waals surface area contributed by atoms with Crippen LogP contribution in [0.2, 0.25) is 5.02 Å². The second-order valence-corrected chi connectivity index (χ2v) is 6.09. The van der Waals surface area contributed by atoms with Crippen LogP contribution in [-0.4, -0.2) is 45.0 Å². The Morgan fingerprint density at radius 3 is 2.47 bits per heavy atom. The largest absolute Gasteiger partial charge is 0.389 e. The maximum Gasteiger partial charge on any atom is 0.0848 e. The highest BCUT2D eigenvalue weighted by atomic mass is 35.5. The van der Waals surface area contributed by atoms with Crippen LogP contribution in [0.15, 0.2) is 0 Å². The number of aryl methyl sites for hydroxylation is 2. The van der Waals surface area contributed by atoms with E-state index in [1.54, 1.807) is 4.68 Å². The first-order valence-electron chi connectivity index (χ1n) is 7.08. The van der Waals surface area contributed by atoms with Crippen LogP contribution in [0.1, 0.15) is 37.6 Å². The fourth-order valence-electron chi connectivity index (χ4n) is 2.87. The first kappa shape index (κ1) is 14.8. The van der Waals surface area contributed by atoms with Crippen molar-refractivity contribution in [2.24, 2.45) is 7.05 Å². The molecule has 1 aliphatic heterocycles. The predicted molar refractivity (Wildman–Crippen MR) is 77.6 cm³/mol. The number of aromatic nitrogens is 2. The van der Waals surface area contributed by atoms with Gasteiger partial charge in [0.15, 0.2) is 0 Å². The number of likely N-dealkylation sites (tertiary alicyclic amines) is 1. The molecule has 1 aromatic rings. The number of hydrogen-bond donors (Lipinski definition) is 1. The molecular formula is C14H24ClN3O. The van der Waals surface area contributed by atoms with Crippen molar-refractivity contribution in [1.82, 2.24) is 14.7 Å². The van der Waals surface area contributed by atoms with E-state index in [0.29, 0.717) is 11.4 Å². The third-order valence-corrected chi connectivity index (χ3v) is 4.58. The van der Waals surface area contributed by atoms with Gasteiger partial charge in [-0.15, -0.1) is 0 Å². The van der Waals surface area contributed by atoms with E-state index in [2.05, 4.69) is 16.9 Å². The SMILES string of the molecule is CCCN1CCC(O)(Cc2c(Cl)c(C)nn2C)CC1. The molecule has 108 valence electrons. The van der Waals surface area contributed by atoms with Crippen molar-refractivity contribution in [2.45, 2.75) is 45.1 Å². The van der Waals surface area contributed by atoms with Gasteiger partial charge in [0, 0.05) is 26.6 Å². The monoisotopic (exact) mass is 285 g/mol. The molecule has 0 amide bonds. The Morgan fingerprint density at radius 2 is 2.00 bits per heavy atom. The Kier molecular flexibility index (Phi) is 4.54. The molecule has 5 heteroatoms. The lowest BCUT2D eigenvalue weighted by atomic mass is 9.87. The molecule has 1 aromatic heterocycles. The summed E-state index contributed by atoms with van der Waals surface area (Å²) in [4.78, 5) is 2.42. The molecule has 0 aromatic carbocycles. The van der Waals surface area contributed by atoms with Crippen LogP contribution >= 0.6 is 11.6 Å². The summed E-state index contributed by atoms with van der Waals surface area (Å²) in [5.74, 6) is 0. The van der Waals surface area contributed by atoms with E-state index in [1.807, 2.05) is 14.0 Å². The normalized spacial score (nSPS) is 19.8. The summed E-state index contributed by atoms with van der Waals surface area (Å²) in [6.45, 7) is 7.16. The van der Waals surface area contributed by atoms with Crippen LogP contribution in [0.4, 0.5) is 0 Å². The smallest absolute Gasteiger partial charge is 0.0848 e. The Hall–Kier alpha value is -0.580. The predicted octanol–water partition coefficient (Wildman–Crippen LogP) is 2.16. The van der Waals surface area contributed by atoms with Gasteiger partial charge >= 0.3 is 0 Å². The lowest BCUT2D eigenvalue weighted by Crippen LogP contribution is -2.46. The third kappa shape index (κ3) is 3.30. The number of aliphatic hydroxyl groups is 1. The zero-order valence-corrected chi connectivity index (χ0v) is 12.9. The lowest BCUT2D eigenvalue weighted by molar-refractivity contribution is -0.0217. The van der Waals surface area contributed by atoms with Crippen molar-refractivity contribution in [3.63, 3.8) is 0 Å². The second-order valence-electron chi connectivity index (χ2n) is 5.71. The van der Waals surface area contributed by atoms with E-state index in [-0.39, 0.29) is 0 Å². The molecular weight excluding hydrogens is 262 g/mol. The fraction of sp³-hybridized carbons (Fsp3) is 0.786. The zero-order chi connectivity index (χ0) is 14.0. The minimum Gasteiger partial charge on any atom is -0.389 e. The first-order valence-corrected chi connectivity index (χ1v) is 7.45. The Bertz CT molecular complexity index is 436. The molecule has 1 N–H and O–H groups in total. The summed E-state index contributed by atoms with van der Waals surface area (Å²) in [6, 6.07) is 0. The summed E-state index contributed by atoms with van der Waals surface area (Å²) in [6.07, 6.45) is 3.40. The van der Waals surface area contributed by atoms with Crippen LogP contribution in [0, 0.1) is 6.92 Å². The summed E-state index contributed by atoms with van der Waals surface area (Å²) in [5.41, 5.74) is 1.16. The highest BCUT2D eigenvalue weighted by Gasteiger charge is 2.34. The minimum absolute atomic E-state index is 0.600. The number of halogens is 1. The van der Waals surface area contributed by atoms with Gasteiger partial charge in [-0.05, 0) is 32.7 Å². The van der Waals surface area contributed by atoms with E-state index in [1.165, 1.54) is 6.42 Å². The van der Waals surface area contributed by atoms with Crippen molar-refractivity contribution in [2.75, 3.05) is 19.6 Å². The van der Waals surface area contributed by atoms with Crippen molar-refractivity contribution in [1.29, 1.82) is 0 Å². The summed E-state index contributed by atoms with van der Waals surface area (Å²) < 4.78 is 1.80. The molecule has 0 spiro atoms. The molecule has 0 atom stereocenters. The van der Waals surface area contributed by atoms with Gasteiger partial charge in [0.1, 0.15) is 0 Å². The van der Waals surface area contributed by atoms with E-state index in [9.17, 15) is 5.11 Å². The maximum atomic E-state index is 10.7. The molecule has 2 rings (SSSR count). The number of rotatable bonds is 4. The average Bonchev–Trinajstić information content (AvgIpc) is 2.60. The van der Waals surface area contributed by atoms with Crippen LogP contribution in [0.3, 0.4) is 0 Å². The molecule has 1 saturated heterocycles. The molecule has 2 heterocycles.